The minimum atomic E-state index is -1.06. The maximum atomic E-state index is 14.2. The van der Waals surface area contributed by atoms with Crippen molar-refractivity contribution in [3.05, 3.63) is 48.5 Å². The van der Waals surface area contributed by atoms with Gasteiger partial charge in [0, 0.05) is 43.3 Å². The first-order valence-corrected chi connectivity index (χ1v) is 16.2. The van der Waals surface area contributed by atoms with Crippen molar-refractivity contribution in [1.29, 1.82) is 0 Å². The van der Waals surface area contributed by atoms with Crippen LogP contribution < -0.4 is 20.3 Å². The highest BCUT2D eigenvalue weighted by Crippen LogP contribution is 2.58. The van der Waals surface area contributed by atoms with Crippen molar-refractivity contribution < 1.29 is 29.0 Å². The molecule has 3 fully saturated rings. The summed E-state index contributed by atoms with van der Waals surface area (Å²) < 4.78 is 12.1. The second-order valence-corrected chi connectivity index (χ2v) is 11.9. The molecule has 3 heterocycles. The highest BCUT2D eigenvalue weighted by molar-refractivity contribution is 6.05. The van der Waals surface area contributed by atoms with E-state index in [0.717, 1.165) is 31.6 Å². The SMILES string of the molecule is CCOc1ccc(NC(=O)[C@@H]2[C@H]3C(=O)N(CCCCCCO)C(C(=O)Nc4ccc(N(CC)CC)cc4)C34CC[C@H]2O4)cc1. The van der Waals surface area contributed by atoms with E-state index < -0.39 is 29.6 Å². The molecule has 44 heavy (non-hydrogen) atoms. The Labute approximate surface area is 260 Å². The molecule has 238 valence electrons. The fraction of sp³-hybridized carbons (Fsp3) is 0.559. The number of amides is 3. The number of ether oxygens (including phenoxy) is 2. The highest BCUT2D eigenvalue weighted by atomic mass is 16.5. The van der Waals surface area contributed by atoms with E-state index in [0.29, 0.717) is 56.0 Å². The van der Waals surface area contributed by atoms with Gasteiger partial charge in [0.1, 0.15) is 17.4 Å². The lowest BCUT2D eigenvalue weighted by molar-refractivity contribution is -0.139. The number of carbonyl (C=O) groups is 3. The van der Waals surface area contributed by atoms with Crippen molar-refractivity contribution in [1.82, 2.24) is 4.90 Å². The number of likely N-dealkylation sites (tertiary alicyclic amines) is 1. The molecule has 5 rings (SSSR count). The number of aliphatic hydroxyl groups is 1. The fourth-order valence-electron chi connectivity index (χ4n) is 7.32. The smallest absolute Gasteiger partial charge is 0.250 e. The molecular weight excluding hydrogens is 560 g/mol. The molecule has 1 spiro atoms. The number of rotatable bonds is 15. The molecule has 3 N–H and O–H groups in total. The number of hydrogen-bond acceptors (Lipinski definition) is 7. The van der Waals surface area contributed by atoms with Gasteiger partial charge in [-0.1, -0.05) is 12.8 Å². The second kappa shape index (κ2) is 14.0. The topological polar surface area (TPSA) is 120 Å². The van der Waals surface area contributed by atoms with E-state index in [-0.39, 0.29) is 24.3 Å². The molecular formula is C34H46N4O6. The maximum Gasteiger partial charge on any atom is 0.250 e. The van der Waals surface area contributed by atoms with Crippen LogP contribution in [-0.4, -0.2) is 78.3 Å². The van der Waals surface area contributed by atoms with Crippen molar-refractivity contribution >= 4 is 34.8 Å². The summed E-state index contributed by atoms with van der Waals surface area (Å²) in [6.07, 6.45) is 3.79. The molecule has 3 amide bonds. The molecule has 0 aliphatic carbocycles. The molecule has 2 aromatic rings. The van der Waals surface area contributed by atoms with Gasteiger partial charge < -0.3 is 35.0 Å². The summed E-state index contributed by atoms with van der Waals surface area (Å²) in [6.45, 7) is 8.96. The van der Waals surface area contributed by atoms with Gasteiger partial charge in [-0.2, -0.15) is 0 Å². The van der Waals surface area contributed by atoms with Crippen LogP contribution in [0.1, 0.15) is 59.3 Å². The molecule has 0 aromatic heterocycles. The number of nitrogens with one attached hydrogen (secondary N) is 2. The molecule has 0 radical (unpaired) electrons. The van der Waals surface area contributed by atoms with Crippen LogP contribution in [0.4, 0.5) is 17.1 Å². The zero-order valence-corrected chi connectivity index (χ0v) is 26.1. The molecule has 2 aromatic carbocycles. The van der Waals surface area contributed by atoms with Gasteiger partial charge in [-0.15, -0.1) is 0 Å². The molecule has 5 atom stereocenters. The van der Waals surface area contributed by atoms with Crippen molar-refractivity contribution in [2.24, 2.45) is 11.8 Å². The van der Waals surface area contributed by atoms with Crippen LogP contribution in [-0.2, 0) is 19.1 Å². The summed E-state index contributed by atoms with van der Waals surface area (Å²) in [5, 5.41) is 15.2. The fourth-order valence-corrected chi connectivity index (χ4v) is 7.32. The molecule has 3 aliphatic rings. The van der Waals surface area contributed by atoms with Crippen molar-refractivity contribution in [2.75, 3.05) is 48.4 Å². The van der Waals surface area contributed by atoms with E-state index in [4.69, 9.17) is 9.47 Å². The lowest BCUT2D eigenvalue weighted by atomic mass is 9.70. The highest BCUT2D eigenvalue weighted by Gasteiger charge is 2.74. The number of unbranched alkanes of at least 4 members (excludes halogenated alkanes) is 3. The van der Waals surface area contributed by atoms with Gasteiger partial charge in [0.15, 0.2) is 0 Å². The number of benzene rings is 2. The standard InChI is InChI=1S/C34H46N4O6/c1-4-37(5-2)25-15-11-23(12-16-25)36-32(41)30-34-20-19-27(44-34)28(29(34)33(42)38(30)21-9-7-8-10-22-39)31(40)35-24-13-17-26(18-14-24)43-6-3/h11-18,27-30,39H,4-10,19-22H2,1-3H3,(H,35,40)(H,36,41)/t27-,28+,29+,30?,34?/m1/s1. The van der Waals surface area contributed by atoms with Gasteiger partial charge in [-0.3, -0.25) is 14.4 Å². The first-order valence-electron chi connectivity index (χ1n) is 16.2. The first kappa shape index (κ1) is 31.8. The summed E-state index contributed by atoms with van der Waals surface area (Å²) >= 11 is 0. The van der Waals surface area contributed by atoms with Gasteiger partial charge >= 0.3 is 0 Å². The maximum absolute atomic E-state index is 14.2. The minimum absolute atomic E-state index is 0.131. The van der Waals surface area contributed by atoms with E-state index in [1.54, 1.807) is 29.2 Å². The molecule has 0 saturated carbocycles. The van der Waals surface area contributed by atoms with Gasteiger partial charge in [-0.05, 0) is 95.0 Å². The Morgan fingerprint density at radius 2 is 1.59 bits per heavy atom. The summed E-state index contributed by atoms with van der Waals surface area (Å²) in [7, 11) is 0. The van der Waals surface area contributed by atoms with Crippen LogP contribution in [0.25, 0.3) is 0 Å². The third kappa shape index (κ3) is 6.15. The predicted molar refractivity (Wildman–Crippen MR) is 170 cm³/mol. The van der Waals surface area contributed by atoms with E-state index in [2.05, 4.69) is 29.4 Å². The molecule has 10 nitrogen and oxygen atoms in total. The number of nitrogens with zero attached hydrogens (tertiary/aromatic N) is 2. The zero-order chi connectivity index (χ0) is 31.3. The van der Waals surface area contributed by atoms with Crippen molar-refractivity contribution in [2.45, 2.75) is 77.0 Å². The second-order valence-electron chi connectivity index (χ2n) is 11.9. The lowest BCUT2D eigenvalue weighted by Gasteiger charge is -2.33. The molecule has 3 saturated heterocycles. The summed E-state index contributed by atoms with van der Waals surface area (Å²) in [4.78, 5) is 45.8. The van der Waals surface area contributed by atoms with Crippen molar-refractivity contribution in [3.63, 3.8) is 0 Å². The Hall–Kier alpha value is -3.63. The zero-order valence-electron chi connectivity index (χ0n) is 26.1. The normalized spacial score (nSPS) is 25.2. The molecule has 3 aliphatic heterocycles. The Bertz CT molecular complexity index is 1300. The van der Waals surface area contributed by atoms with Crippen LogP contribution in [0, 0.1) is 11.8 Å². The first-order chi connectivity index (χ1) is 21.4. The minimum Gasteiger partial charge on any atom is -0.494 e. The summed E-state index contributed by atoms with van der Waals surface area (Å²) in [5.41, 5.74) is 1.28. The van der Waals surface area contributed by atoms with Gasteiger partial charge in [0.25, 0.3) is 0 Å². The molecule has 2 bridgehead atoms. The Morgan fingerprint density at radius 3 is 2.23 bits per heavy atom. The van der Waals surface area contributed by atoms with Crippen LogP contribution in [0.15, 0.2) is 48.5 Å². The number of carbonyl (C=O) groups excluding carboxylic acids is 3. The predicted octanol–water partition coefficient (Wildman–Crippen LogP) is 4.44. The van der Waals surface area contributed by atoms with Gasteiger partial charge in [0.05, 0.1) is 24.5 Å². The largest absolute Gasteiger partial charge is 0.494 e. The van der Waals surface area contributed by atoms with Crippen molar-refractivity contribution in [3.8, 4) is 5.75 Å². The van der Waals surface area contributed by atoms with Crippen LogP contribution in [0.2, 0.25) is 0 Å². The van der Waals surface area contributed by atoms with Crippen LogP contribution in [0.5, 0.6) is 5.75 Å². The van der Waals surface area contributed by atoms with E-state index in [1.165, 1.54) is 0 Å². The van der Waals surface area contributed by atoms with Crippen LogP contribution in [0.3, 0.4) is 0 Å². The Morgan fingerprint density at radius 1 is 0.955 bits per heavy atom. The average molecular weight is 607 g/mol. The Balaban J connectivity index is 1.37. The third-order valence-electron chi connectivity index (χ3n) is 9.35. The third-order valence-corrected chi connectivity index (χ3v) is 9.35. The number of fused-ring (bicyclic) bond motifs is 1. The van der Waals surface area contributed by atoms with Gasteiger partial charge in [0.2, 0.25) is 17.7 Å². The molecule has 10 heteroatoms. The quantitative estimate of drug-likeness (QED) is 0.257. The number of anilines is 3. The monoisotopic (exact) mass is 606 g/mol. The number of hydrogen-bond donors (Lipinski definition) is 3. The summed E-state index contributed by atoms with van der Waals surface area (Å²) in [5.74, 6) is -1.47. The lowest BCUT2D eigenvalue weighted by Crippen LogP contribution is -2.53. The van der Waals surface area contributed by atoms with Gasteiger partial charge in [-0.25, -0.2) is 0 Å². The molecule has 2 unspecified atom stereocenters. The Kier molecular flexibility index (Phi) is 10.1. The van der Waals surface area contributed by atoms with E-state index >= 15 is 0 Å². The average Bonchev–Trinajstić information content (AvgIpc) is 3.67. The van der Waals surface area contributed by atoms with Crippen LogP contribution >= 0.6 is 0 Å². The van der Waals surface area contributed by atoms with E-state index in [9.17, 15) is 19.5 Å². The summed E-state index contributed by atoms with van der Waals surface area (Å²) in [6, 6.07) is 14.1. The van der Waals surface area contributed by atoms with E-state index in [1.807, 2.05) is 31.2 Å². The number of aliphatic hydroxyl groups excluding tert-OH is 1.